The van der Waals surface area contributed by atoms with Gasteiger partial charge in [0.1, 0.15) is 4.21 Å². The van der Waals surface area contributed by atoms with E-state index in [0.717, 1.165) is 18.7 Å². The van der Waals surface area contributed by atoms with Gasteiger partial charge in [-0.15, -0.1) is 11.3 Å². The molecule has 0 bridgehead atoms. The summed E-state index contributed by atoms with van der Waals surface area (Å²) >= 11 is 1.29. The highest BCUT2D eigenvalue weighted by atomic mass is 32.2. The topological polar surface area (TPSA) is 49.4 Å². The Bertz CT molecular complexity index is 448. The summed E-state index contributed by atoms with van der Waals surface area (Å²) in [4.78, 5) is 0. The molecule has 4 nitrogen and oxygen atoms in total. The van der Waals surface area contributed by atoms with Gasteiger partial charge in [0, 0.05) is 26.2 Å². The smallest absolute Gasteiger partial charge is 0.252 e. The van der Waals surface area contributed by atoms with E-state index >= 15 is 0 Å². The lowest BCUT2D eigenvalue weighted by Crippen LogP contribution is -2.57. The molecule has 15 heavy (non-hydrogen) atoms. The summed E-state index contributed by atoms with van der Waals surface area (Å²) in [6, 6.07) is 1.95. The highest BCUT2D eigenvalue weighted by molar-refractivity contribution is 7.91. The van der Waals surface area contributed by atoms with Gasteiger partial charge in [-0.2, -0.15) is 4.31 Å². The minimum atomic E-state index is -3.27. The van der Waals surface area contributed by atoms with Crippen LogP contribution in [0, 0.1) is 6.92 Å². The number of hydrogen-bond acceptors (Lipinski definition) is 4. The normalized spacial score (nSPS) is 18.1. The summed E-state index contributed by atoms with van der Waals surface area (Å²) in [6.45, 7) is 3.33. The van der Waals surface area contributed by atoms with Crippen LogP contribution in [0.4, 0.5) is 0 Å². The molecule has 0 spiro atoms. The van der Waals surface area contributed by atoms with Crippen molar-refractivity contribution in [1.82, 2.24) is 9.62 Å². The summed E-state index contributed by atoms with van der Waals surface area (Å²) in [6.07, 6.45) is 0. The lowest BCUT2D eigenvalue weighted by atomic mass is 10.2. The molecule has 2 rings (SSSR count). The molecule has 0 aliphatic carbocycles. The third-order valence-electron chi connectivity index (χ3n) is 2.70. The lowest BCUT2D eigenvalue weighted by molar-refractivity contribution is 0.274. The molecule has 1 N–H and O–H groups in total. The lowest BCUT2D eigenvalue weighted by Gasteiger charge is -2.34. The molecule has 84 valence electrons. The number of likely N-dealkylation sites (N-methyl/N-ethyl adjacent to an activating group) is 1. The van der Waals surface area contributed by atoms with Crippen molar-refractivity contribution in [1.29, 1.82) is 0 Å². The van der Waals surface area contributed by atoms with Crippen molar-refractivity contribution in [2.45, 2.75) is 17.2 Å². The Morgan fingerprint density at radius 3 is 2.60 bits per heavy atom. The molecule has 1 aliphatic heterocycles. The quantitative estimate of drug-likeness (QED) is 0.852. The zero-order chi connectivity index (χ0) is 11.1. The first-order valence-electron chi connectivity index (χ1n) is 4.76. The molecule has 0 unspecified atom stereocenters. The van der Waals surface area contributed by atoms with Crippen molar-refractivity contribution in [3.8, 4) is 0 Å². The highest BCUT2D eigenvalue weighted by Gasteiger charge is 2.32. The van der Waals surface area contributed by atoms with Gasteiger partial charge in [0.05, 0.1) is 0 Å². The number of sulfonamides is 1. The van der Waals surface area contributed by atoms with Crippen molar-refractivity contribution >= 4 is 21.4 Å². The number of hydrogen-bond donors (Lipinski definition) is 1. The fourth-order valence-electron chi connectivity index (χ4n) is 1.48. The van der Waals surface area contributed by atoms with Gasteiger partial charge in [0.15, 0.2) is 0 Å². The molecular weight excluding hydrogens is 232 g/mol. The van der Waals surface area contributed by atoms with Crippen LogP contribution in [0.2, 0.25) is 0 Å². The standard InChI is InChI=1S/C9H14N2O2S2/c1-7-3-4-14-9(7)15(12,13)11(2)8-5-10-6-8/h3-4,8,10H,5-6H2,1-2H3. The van der Waals surface area contributed by atoms with Crippen molar-refractivity contribution in [2.24, 2.45) is 0 Å². The summed E-state index contributed by atoms with van der Waals surface area (Å²) in [5.41, 5.74) is 0.833. The molecule has 1 aromatic heterocycles. The van der Waals surface area contributed by atoms with E-state index in [2.05, 4.69) is 5.32 Å². The van der Waals surface area contributed by atoms with E-state index < -0.39 is 10.0 Å². The van der Waals surface area contributed by atoms with Crippen LogP contribution < -0.4 is 5.32 Å². The van der Waals surface area contributed by atoms with Gasteiger partial charge in [-0.3, -0.25) is 0 Å². The van der Waals surface area contributed by atoms with E-state index in [1.54, 1.807) is 7.05 Å². The first kappa shape index (κ1) is 11.1. The molecule has 1 aliphatic rings. The van der Waals surface area contributed by atoms with Gasteiger partial charge < -0.3 is 5.32 Å². The van der Waals surface area contributed by atoms with Crippen LogP contribution in [0.15, 0.2) is 15.7 Å². The van der Waals surface area contributed by atoms with Gasteiger partial charge >= 0.3 is 0 Å². The molecule has 0 aromatic carbocycles. The molecular formula is C9H14N2O2S2. The first-order chi connectivity index (χ1) is 7.03. The van der Waals surface area contributed by atoms with E-state index in [0.29, 0.717) is 4.21 Å². The number of nitrogens with zero attached hydrogens (tertiary/aromatic N) is 1. The predicted octanol–water partition coefficient (Wildman–Crippen LogP) is 0.649. The van der Waals surface area contributed by atoms with E-state index in [4.69, 9.17) is 0 Å². The average molecular weight is 246 g/mol. The average Bonchev–Trinajstić information content (AvgIpc) is 2.48. The Labute approximate surface area is 94.0 Å². The zero-order valence-corrected chi connectivity index (χ0v) is 10.4. The molecule has 1 fully saturated rings. The minimum Gasteiger partial charge on any atom is -0.313 e. The fourth-order valence-corrected chi connectivity index (χ4v) is 4.41. The Morgan fingerprint density at radius 2 is 2.20 bits per heavy atom. The van der Waals surface area contributed by atoms with E-state index in [-0.39, 0.29) is 6.04 Å². The molecule has 0 radical (unpaired) electrons. The monoisotopic (exact) mass is 246 g/mol. The van der Waals surface area contributed by atoms with Crippen molar-refractivity contribution in [2.75, 3.05) is 20.1 Å². The SMILES string of the molecule is Cc1ccsc1S(=O)(=O)N(C)C1CNC1. The molecule has 6 heteroatoms. The molecule has 2 heterocycles. The van der Waals surface area contributed by atoms with Crippen LogP contribution in [0.5, 0.6) is 0 Å². The van der Waals surface area contributed by atoms with Crippen LogP contribution >= 0.6 is 11.3 Å². The van der Waals surface area contributed by atoms with Crippen LogP contribution in [-0.2, 0) is 10.0 Å². The number of thiophene rings is 1. The zero-order valence-electron chi connectivity index (χ0n) is 8.73. The fraction of sp³-hybridized carbons (Fsp3) is 0.556. The molecule has 1 saturated heterocycles. The first-order valence-corrected chi connectivity index (χ1v) is 7.08. The third-order valence-corrected chi connectivity index (χ3v) is 6.28. The van der Waals surface area contributed by atoms with Crippen molar-refractivity contribution in [3.63, 3.8) is 0 Å². The minimum absolute atomic E-state index is 0.108. The highest BCUT2D eigenvalue weighted by Crippen LogP contribution is 2.26. The van der Waals surface area contributed by atoms with Crippen LogP contribution in [0.1, 0.15) is 5.56 Å². The van der Waals surface area contributed by atoms with Crippen molar-refractivity contribution in [3.05, 3.63) is 17.0 Å². The maximum Gasteiger partial charge on any atom is 0.252 e. The third kappa shape index (κ3) is 1.82. The molecule has 1 aromatic rings. The summed E-state index contributed by atoms with van der Waals surface area (Å²) in [5, 5.41) is 4.89. The summed E-state index contributed by atoms with van der Waals surface area (Å²) < 4.78 is 26.3. The number of aryl methyl sites for hydroxylation is 1. The molecule has 0 amide bonds. The summed E-state index contributed by atoms with van der Waals surface area (Å²) in [7, 11) is -1.62. The van der Waals surface area contributed by atoms with E-state index in [1.807, 2.05) is 18.4 Å². The maximum atomic E-state index is 12.2. The Morgan fingerprint density at radius 1 is 1.53 bits per heavy atom. The molecule has 0 saturated carbocycles. The van der Waals surface area contributed by atoms with Gasteiger partial charge in [0.2, 0.25) is 0 Å². The number of rotatable bonds is 3. The van der Waals surface area contributed by atoms with E-state index in [1.165, 1.54) is 15.6 Å². The second kappa shape index (κ2) is 3.86. The second-order valence-corrected chi connectivity index (χ2v) is 6.83. The van der Waals surface area contributed by atoms with Gasteiger partial charge in [-0.1, -0.05) is 0 Å². The predicted molar refractivity (Wildman–Crippen MR) is 60.7 cm³/mol. The largest absolute Gasteiger partial charge is 0.313 e. The Balaban J connectivity index is 2.30. The number of nitrogens with one attached hydrogen (secondary N) is 1. The van der Waals surface area contributed by atoms with Gasteiger partial charge in [-0.25, -0.2) is 8.42 Å². The Kier molecular flexibility index (Phi) is 2.85. The van der Waals surface area contributed by atoms with Crippen molar-refractivity contribution < 1.29 is 8.42 Å². The second-order valence-electron chi connectivity index (χ2n) is 3.72. The molecule has 0 atom stereocenters. The Hall–Kier alpha value is -0.430. The van der Waals surface area contributed by atoms with E-state index in [9.17, 15) is 8.42 Å². The van der Waals surface area contributed by atoms with Gasteiger partial charge in [0.25, 0.3) is 10.0 Å². The maximum absolute atomic E-state index is 12.2. The van der Waals surface area contributed by atoms with Crippen LogP contribution in [-0.4, -0.2) is 38.9 Å². The summed E-state index contributed by atoms with van der Waals surface area (Å²) in [5.74, 6) is 0. The van der Waals surface area contributed by atoms with Crippen LogP contribution in [0.25, 0.3) is 0 Å². The van der Waals surface area contributed by atoms with Gasteiger partial charge in [-0.05, 0) is 23.9 Å². The van der Waals surface area contributed by atoms with Crippen LogP contribution in [0.3, 0.4) is 0 Å².